The molecule has 110 valence electrons. The highest BCUT2D eigenvalue weighted by molar-refractivity contribution is 5.75. The molecule has 0 saturated heterocycles. The number of carboxylic acids is 1. The molecule has 0 fully saturated rings. The molecule has 2 amide bonds. The third-order valence-corrected chi connectivity index (χ3v) is 2.70. The van der Waals surface area contributed by atoms with Crippen molar-refractivity contribution in [2.24, 2.45) is 0 Å². The first-order valence-electron chi connectivity index (χ1n) is 6.12. The van der Waals surface area contributed by atoms with Crippen molar-refractivity contribution in [1.82, 2.24) is 10.6 Å². The van der Waals surface area contributed by atoms with Crippen LogP contribution in [-0.4, -0.2) is 23.1 Å². The van der Waals surface area contributed by atoms with Crippen LogP contribution >= 0.6 is 0 Å². The van der Waals surface area contributed by atoms with E-state index in [1.807, 2.05) is 0 Å². The van der Waals surface area contributed by atoms with E-state index >= 15 is 0 Å². The van der Waals surface area contributed by atoms with Crippen LogP contribution in [0.25, 0.3) is 0 Å². The van der Waals surface area contributed by atoms with Crippen molar-refractivity contribution < 1.29 is 23.5 Å². The summed E-state index contributed by atoms with van der Waals surface area (Å²) in [6.07, 6.45) is 0.256. The Bertz CT molecular complexity index is 495. The van der Waals surface area contributed by atoms with Gasteiger partial charge in [-0.3, -0.25) is 4.79 Å². The normalized spacial score (nSPS) is 11.8. The zero-order valence-electron chi connectivity index (χ0n) is 11.0. The van der Waals surface area contributed by atoms with Crippen LogP contribution in [0.3, 0.4) is 0 Å². The van der Waals surface area contributed by atoms with Gasteiger partial charge in [-0.1, -0.05) is 6.92 Å². The molecule has 7 heteroatoms. The lowest BCUT2D eigenvalue weighted by Crippen LogP contribution is -2.42. The number of hydrogen-bond donors (Lipinski definition) is 3. The highest BCUT2D eigenvalue weighted by atomic mass is 19.1. The van der Waals surface area contributed by atoms with Gasteiger partial charge in [-0.25, -0.2) is 13.6 Å². The molecule has 0 bridgehead atoms. The summed E-state index contributed by atoms with van der Waals surface area (Å²) in [6, 6.07) is 1.82. The van der Waals surface area contributed by atoms with E-state index in [0.717, 1.165) is 18.2 Å². The lowest BCUT2D eigenvalue weighted by Gasteiger charge is -2.15. The summed E-state index contributed by atoms with van der Waals surface area (Å²) >= 11 is 0. The summed E-state index contributed by atoms with van der Waals surface area (Å²) < 4.78 is 26.2. The number of amides is 2. The number of halogens is 2. The van der Waals surface area contributed by atoms with Crippen LogP contribution in [0.5, 0.6) is 0 Å². The van der Waals surface area contributed by atoms with Gasteiger partial charge in [0.25, 0.3) is 0 Å². The quantitative estimate of drug-likeness (QED) is 0.748. The van der Waals surface area contributed by atoms with Gasteiger partial charge in [-0.15, -0.1) is 0 Å². The molecule has 0 aromatic heterocycles. The average molecular weight is 286 g/mol. The minimum absolute atomic E-state index is 0.0198. The van der Waals surface area contributed by atoms with Crippen LogP contribution in [0.15, 0.2) is 18.2 Å². The molecule has 5 nitrogen and oxygen atoms in total. The first-order chi connectivity index (χ1) is 9.42. The standard InChI is InChI=1S/C13H16F2N2O3/c1-2-10(6-12(18)19)17-13(20)16-7-8-5-9(14)3-4-11(8)15/h3-5,10H,2,6-7H2,1H3,(H,18,19)(H2,16,17,20). The van der Waals surface area contributed by atoms with Gasteiger partial charge in [0.2, 0.25) is 0 Å². The Morgan fingerprint density at radius 1 is 1.35 bits per heavy atom. The second-order valence-corrected chi connectivity index (χ2v) is 4.27. The van der Waals surface area contributed by atoms with Crippen molar-refractivity contribution in [3.8, 4) is 0 Å². The SMILES string of the molecule is CCC(CC(=O)O)NC(=O)NCc1cc(F)ccc1F. The zero-order valence-corrected chi connectivity index (χ0v) is 11.0. The first-order valence-corrected chi connectivity index (χ1v) is 6.12. The smallest absolute Gasteiger partial charge is 0.315 e. The van der Waals surface area contributed by atoms with Crippen LogP contribution in [-0.2, 0) is 11.3 Å². The van der Waals surface area contributed by atoms with Crippen molar-refractivity contribution in [2.45, 2.75) is 32.4 Å². The molecule has 0 radical (unpaired) electrons. The fourth-order valence-electron chi connectivity index (χ4n) is 1.60. The number of urea groups is 1. The predicted molar refractivity (Wildman–Crippen MR) is 68.1 cm³/mol. The summed E-state index contributed by atoms with van der Waals surface area (Å²) in [4.78, 5) is 22.1. The number of carboxylic acid groups (broad SMARTS) is 1. The monoisotopic (exact) mass is 286 g/mol. The Balaban J connectivity index is 2.50. The van der Waals surface area contributed by atoms with Crippen LogP contribution < -0.4 is 10.6 Å². The van der Waals surface area contributed by atoms with Crippen LogP contribution in [0.4, 0.5) is 13.6 Å². The van der Waals surface area contributed by atoms with E-state index in [0.29, 0.717) is 6.42 Å². The van der Waals surface area contributed by atoms with Crippen LogP contribution in [0.1, 0.15) is 25.3 Å². The molecular formula is C13H16F2N2O3. The minimum atomic E-state index is -1.02. The van der Waals surface area contributed by atoms with Crippen molar-refractivity contribution in [2.75, 3.05) is 0 Å². The fourth-order valence-corrected chi connectivity index (χ4v) is 1.60. The molecular weight excluding hydrogens is 270 g/mol. The fraction of sp³-hybridized carbons (Fsp3) is 0.385. The van der Waals surface area contributed by atoms with Gasteiger partial charge in [0.05, 0.1) is 6.42 Å². The number of rotatable bonds is 6. The maximum Gasteiger partial charge on any atom is 0.315 e. The number of hydrogen-bond acceptors (Lipinski definition) is 2. The maximum atomic E-state index is 13.3. The summed E-state index contributed by atoms with van der Waals surface area (Å²) in [5.41, 5.74) is 0.0198. The highest BCUT2D eigenvalue weighted by Crippen LogP contribution is 2.09. The van der Waals surface area contributed by atoms with E-state index in [9.17, 15) is 18.4 Å². The van der Waals surface area contributed by atoms with E-state index in [2.05, 4.69) is 10.6 Å². The molecule has 0 aliphatic carbocycles. The van der Waals surface area contributed by atoms with E-state index in [4.69, 9.17) is 5.11 Å². The van der Waals surface area contributed by atoms with Crippen molar-refractivity contribution in [3.05, 3.63) is 35.4 Å². The molecule has 1 rings (SSSR count). The van der Waals surface area contributed by atoms with E-state index in [1.54, 1.807) is 6.92 Å². The molecule has 0 heterocycles. The molecule has 1 aromatic carbocycles. The molecule has 0 aliphatic rings. The van der Waals surface area contributed by atoms with Crippen LogP contribution in [0.2, 0.25) is 0 Å². The number of aliphatic carboxylic acids is 1. The molecule has 0 aliphatic heterocycles. The number of nitrogens with one attached hydrogen (secondary N) is 2. The third-order valence-electron chi connectivity index (χ3n) is 2.70. The lowest BCUT2D eigenvalue weighted by atomic mass is 10.1. The van der Waals surface area contributed by atoms with Gasteiger partial charge in [-0.2, -0.15) is 0 Å². The predicted octanol–water partition coefficient (Wildman–Crippen LogP) is 2.02. The second-order valence-electron chi connectivity index (χ2n) is 4.27. The largest absolute Gasteiger partial charge is 0.481 e. The summed E-state index contributed by atoms with van der Waals surface area (Å²) in [6.45, 7) is 1.55. The summed E-state index contributed by atoms with van der Waals surface area (Å²) in [5.74, 6) is -2.24. The lowest BCUT2D eigenvalue weighted by molar-refractivity contribution is -0.137. The van der Waals surface area contributed by atoms with Gasteiger partial charge >= 0.3 is 12.0 Å². The number of benzene rings is 1. The summed E-state index contributed by atoms with van der Waals surface area (Å²) in [7, 11) is 0. The molecule has 3 N–H and O–H groups in total. The van der Waals surface area contributed by atoms with Crippen molar-refractivity contribution in [3.63, 3.8) is 0 Å². The first kappa shape index (κ1) is 15.9. The van der Waals surface area contributed by atoms with Crippen molar-refractivity contribution >= 4 is 12.0 Å². The number of carbonyl (C=O) groups is 2. The highest BCUT2D eigenvalue weighted by Gasteiger charge is 2.14. The van der Waals surface area contributed by atoms with E-state index in [-0.39, 0.29) is 18.5 Å². The van der Waals surface area contributed by atoms with Gasteiger partial charge in [-0.05, 0) is 24.6 Å². The second kappa shape index (κ2) is 7.42. The Morgan fingerprint density at radius 3 is 2.65 bits per heavy atom. The van der Waals surface area contributed by atoms with Crippen molar-refractivity contribution in [1.29, 1.82) is 0 Å². The maximum absolute atomic E-state index is 13.3. The van der Waals surface area contributed by atoms with E-state index < -0.39 is 29.7 Å². The molecule has 1 aromatic rings. The topological polar surface area (TPSA) is 78.4 Å². The zero-order chi connectivity index (χ0) is 15.1. The van der Waals surface area contributed by atoms with Gasteiger partial charge in [0, 0.05) is 18.2 Å². The Labute approximate surface area is 115 Å². The Kier molecular flexibility index (Phi) is 5.89. The van der Waals surface area contributed by atoms with Gasteiger partial charge in [0.1, 0.15) is 11.6 Å². The van der Waals surface area contributed by atoms with E-state index in [1.165, 1.54) is 0 Å². The minimum Gasteiger partial charge on any atom is -0.481 e. The molecule has 0 saturated carbocycles. The molecule has 20 heavy (non-hydrogen) atoms. The number of carbonyl (C=O) groups excluding carboxylic acids is 1. The molecule has 1 atom stereocenters. The third kappa shape index (κ3) is 5.21. The average Bonchev–Trinajstić information content (AvgIpc) is 2.38. The Morgan fingerprint density at radius 2 is 2.05 bits per heavy atom. The molecule has 0 spiro atoms. The van der Waals surface area contributed by atoms with Gasteiger partial charge in [0.15, 0.2) is 0 Å². The van der Waals surface area contributed by atoms with Crippen LogP contribution in [0, 0.1) is 11.6 Å². The summed E-state index contributed by atoms with van der Waals surface area (Å²) in [5, 5.41) is 13.5. The van der Waals surface area contributed by atoms with Gasteiger partial charge < -0.3 is 15.7 Å². The Hall–Kier alpha value is -2.18. The molecule has 1 unspecified atom stereocenters.